The Morgan fingerprint density at radius 3 is 2.23 bits per heavy atom. The number of hydrogen-bond acceptors (Lipinski definition) is 3. The molecule has 0 aromatic rings. The molecule has 0 aromatic heterocycles. The normalized spacial score (nSPS) is 13.5. The average Bonchev–Trinajstić information content (AvgIpc) is 1.99. The number of halogens is 2. The fraction of sp³-hybridized carbons (Fsp3) is 0.714. The lowest BCUT2D eigenvalue weighted by Gasteiger charge is -2.22. The molecule has 1 atom stereocenters. The van der Waals surface area contributed by atoms with Gasteiger partial charge in [-0.3, -0.25) is 9.59 Å². The second-order valence-electron chi connectivity index (χ2n) is 2.49. The zero-order valence-electron chi connectivity index (χ0n) is 7.34. The molecule has 0 heterocycles. The van der Waals surface area contributed by atoms with Crippen molar-refractivity contribution in [3.05, 3.63) is 0 Å². The van der Waals surface area contributed by atoms with Gasteiger partial charge in [-0.2, -0.15) is 8.78 Å². The van der Waals surface area contributed by atoms with Gasteiger partial charge in [0.15, 0.2) is 6.10 Å². The molecular formula is C7H11F2NO3. The van der Waals surface area contributed by atoms with Gasteiger partial charge in [0.25, 0.3) is 5.91 Å². The van der Waals surface area contributed by atoms with E-state index in [1.165, 1.54) is 6.92 Å². The van der Waals surface area contributed by atoms with E-state index in [0.29, 0.717) is 0 Å². The number of carbonyl (C=O) groups excluding carboxylic acids is 2. The summed E-state index contributed by atoms with van der Waals surface area (Å²) in [6, 6.07) is 0. The summed E-state index contributed by atoms with van der Waals surface area (Å²) in [5.41, 5.74) is 4.44. The highest BCUT2D eigenvalue weighted by molar-refractivity contribution is 5.82. The van der Waals surface area contributed by atoms with E-state index < -0.39 is 23.9 Å². The molecule has 2 N–H and O–H groups in total. The molecule has 1 amide bonds. The number of alkyl halides is 2. The summed E-state index contributed by atoms with van der Waals surface area (Å²) in [7, 11) is 0. The third kappa shape index (κ3) is 2.96. The van der Waals surface area contributed by atoms with Crippen LogP contribution in [0.3, 0.4) is 0 Å². The zero-order chi connectivity index (χ0) is 10.6. The van der Waals surface area contributed by atoms with Crippen molar-refractivity contribution >= 4 is 11.9 Å². The van der Waals surface area contributed by atoms with Gasteiger partial charge in [-0.1, -0.05) is 6.92 Å². The summed E-state index contributed by atoms with van der Waals surface area (Å²) in [6.07, 6.45) is -1.95. The third-order valence-electron chi connectivity index (χ3n) is 1.41. The summed E-state index contributed by atoms with van der Waals surface area (Å²) in [5.74, 6) is -6.46. The Morgan fingerprint density at radius 1 is 1.54 bits per heavy atom. The van der Waals surface area contributed by atoms with Crippen molar-refractivity contribution in [2.24, 2.45) is 5.73 Å². The number of hydrogen-bond donors (Lipinski definition) is 1. The van der Waals surface area contributed by atoms with Crippen LogP contribution in [0.2, 0.25) is 0 Å². The van der Waals surface area contributed by atoms with Gasteiger partial charge in [0.1, 0.15) is 0 Å². The van der Waals surface area contributed by atoms with Crippen molar-refractivity contribution in [1.29, 1.82) is 0 Å². The molecule has 0 aromatic carbocycles. The Balaban J connectivity index is 4.55. The topological polar surface area (TPSA) is 69.4 Å². The third-order valence-corrected chi connectivity index (χ3v) is 1.41. The minimum absolute atomic E-state index is 0.171. The quantitative estimate of drug-likeness (QED) is 0.662. The van der Waals surface area contributed by atoms with Crippen LogP contribution >= 0.6 is 0 Å². The van der Waals surface area contributed by atoms with Crippen LogP contribution in [0.1, 0.15) is 20.3 Å². The van der Waals surface area contributed by atoms with Crippen molar-refractivity contribution < 1.29 is 23.1 Å². The molecule has 0 bridgehead atoms. The highest BCUT2D eigenvalue weighted by Gasteiger charge is 2.47. The fourth-order valence-electron chi connectivity index (χ4n) is 0.773. The van der Waals surface area contributed by atoms with Gasteiger partial charge in [-0.15, -0.1) is 0 Å². The standard InChI is InChI=1S/C7H11F2NO3/c1-3-5(13-4(2)11)7(8,9)6(10)12/h5H,3H2,1-2H3,(H2,10,12). The lowest BCUT2D eigenvalue weighted by atomic mass is 10.1. The number of ether oxygens (including phenoxy) is 1. The fourth-order valence-corrected chi connectivity index (χ4v) is 0.773. The summed E-state index contributed by atoms with van der Waals surface area (Å²) in [4.78, 5) is 20.7. The predicted octanol–water partition coefficient (Wildman–Crippen LogP) is 0.449. The van der Waals surface area contributed by atoms with Gasteiger partial charge in [0, 0.05) is 6.92 Å². The van der Waals surface area contributed by atoms with Gasteiger partial charge in [-0.05, 0) is 6.42 Å². The van der Waals surface area contributed by atoms with Gasteiger partial charge in [-0.25, -0.2) is 0 Å². The Kier molecular flexibility index (Phi) is 3.77. The molecule has 76 valence electrons. The summed E-state index contributed by atoms with van der Waals surface area (Å²) in [5, 5.41) is 0. The number of rotatable bonds is 4. The second kappa shape index (κ2) is 4.15. The second-order valence-corrected chi connectivity index (χ2v) is 2.49. The van der Waals surface area contributed by atoms with E-state index in [1.807, 2.05) is 0 Å². The van der Waals surface area contributed by atoms with Crippen molar-refractivity contribution in [3.8, 4) is 0 Å². The van der Waals surface area contributed by atoms with Crippen LogP contribution in [0, 0.1) is 0 Å². The molecule has 0 aliphatic heterocycles. The minimum atomic E-state index is -3.81. The summed E-state index contributed by atoms with van der Waals surface area (Å²) in [6.45, 7) is 2.35. The minimum Gasteiger partial charge on any atom is -0.456 e. The van der Waals surface area contributed by atoms with E-state index in [4.69, 9.17) is 0 Å². The average molecular weight is 195 g/mol. The van der Waals surface area contributed by atoms with Crippen molar-refractivity contribution in [2.45, 2.75) is 32.3 Å². The number of esters is 1. The number of carbonyl (C=O) groups is 2. The SMILES string of the molecule is CCC(OC(C)=O)C(F)(F)C(N)=O. The van der Waals surface area contributed by atoms with E-state index >= 15 is 0 Å². The Bertz CT molecular complexity index is 218. The van der Waals surface area contributed by atoms with E-state index in [1.54, 1.807) is 0 Å². The zero-order valence-corrected chi connectivity index (χ0v) is 7.34. The summed E-state index contributed by atoms with van der Waals surface area (Å²) < 4.78 is 29.9. The first kappa shape index (κ1) is 11.8. The maximum absolute atomic E-state index is 12.8. The van der Waals surface area contributed by atoms with E-state index in [9.17, 15) is 18.4 Å². The molecule has 0 fully saturated rings. The van der Waals surface area contributed by atoms with Crippen LogP contribution in [-0.4, -0.2) is 23.9 Å². The van der Waals surface area contributed by atoms with Crippen LogP contribution in [0.25, 0.3) is 0 Å². The van der Waals surface area contributed by atoms with Gasteiger partial charge in [0.2, 0.25) is 0 Å². The molecule has 0 radical (unpaired) electrons. The molecule has 0 saturated heterocycles. The first-order valence-corrected chi connectivity index (χ1v) is 3.67. The maximum Gasteiger partial charge on any atom is 0.360 e. The lowest BCUT2D eigenvalue weighted by molar-refractivity contribution is -0.178. The van der Waals surface area contributed by atoms with Crippen LogP contribution in [0.4, 0.5) is 8.78 Å². The van der Waals surface area contributed by atoms with Crippen molar-refractivity contribution in [2.75, 3.05) is 0 Å². The number of nitrogens with two attached hydrogens (primary N) is 1. The molecule has 6 heteroatoms. The molecule has 0 rings (SSSR count). The van der Waals surface area contributed by atoms with E-state index in [0.717, 1.165) is 6.92 Å². The number of amides is 1. The Morgan fingerprint density at radius 2 is 2.00 bits per heavy atom. The van der Waals surface area contributed by atoms with Crippen LogP contribution in [0.15, 0.2) is 0 Å². The molecule has 4 nitrogen and oxygen atoms in total. The van der Waals surface area contributed by atoms with Gasteiger partial charge < -0.3 is 10.5 Å². The van der Waals surface area contributed by atoms with E-state index in [2.05, 4.69) is 10.5 Å². The molecule has 0 spiro atoms. The van der Waals surface area contributed by atoms with Gasteiger partial charge in [0.05, 0.1) is 0 Å². The molecular weight excluding hydrogens is 184 g/mol. The smallest absolute Gasteiger partial charge is 0.360 e. The maximum atomic E-state index is 12.8. The lowest BCUT2D eigenvalue weighted by Crippen LogP contribution is -2.47. The van der Waals surface area contributed by atoms with Crippen LogP contribution in [-0.2, 0) is 14.3 Å². The van der Waals surface area contributed by atoms with Crippen LogP contribution < -0.4 is 5.73 Å². The number of primary amides is 1. The largest absolute Gasteiger partial charge is 0.456 e. The van der Waals surface area contributed by atoms with Gasteiger partial charge >= 0.3 is 11.9 Å². The van der Waals surface area contributed by atoms with Crippen molar-refractivity contribution in [1.82, 2.24) is 0 Å². The highest BCUT2D eigenvalue weighted by Crippen LogP contribution is 2.23. The molecule has 1 unspecified atom stereocenters. The van der Waals surface area contributed by atoms with E-state index in [-0.39, 0.29) is 6.42 Å². The first-order valence-electron chi connectivity index (χ1n) is 3.67. The van der Waals surface area contributed by atoms with Crippen molar-refractivity contribution in [3.63, 3.8) is 0 Å². The Hall–Kier alpha value is -1.20. The summed E-state index contributed by atoms with van der Waals surface area (Å²) >= 11 is 0. The highest BCUT2D eigenvalue weighted by atomic mass is 19.3. The molecule has 13 heavy (non-hydrogen) atoms. The molecule has 0 aliphatic carbocycles. The molecule has 0 saturated carbocycles. The first-order chi connectivity index (χ1) is 5.82. The Labute approximate surface area is 74.0 Å². The molecule has 0 aliphatic rings. The monoisotopic (exact) mass is 195 g/mol. The van der Waals surface area contributed by atoms with Crippen LogP contribution in [0.5, 0.6) is 0 Å². The predicted molar refractivity (Wildman–Crippen MR) is 40.0 cm³/mol.